The third-order valence-corrected chi connectivity index (χ3v) is 5.48. The van der Waals surface area contributed by atoms with Crippen molar-refractivity contribution in [2.75, 3.05) is 11.9 Å². The van der Waals surface area contributed by atoms with Crippen molar-refractivity contribution < 1.29 is 9.53 Å². The Hall–Kier alpha value is -1.74. The lowest BCUT2D eigenvalue weighted by atomic mass is 10.1. The Morgan fingerprint density at radius 3 is 2.83 bits per heavy atom. The summed E-state index contributed by atoms with van der Waals surface area (Å²) < 4.78 is 6.31. The van der Waals surface area contributed by atoms with Crippen LogP contribution in [0.2, 0.25) is 0 Å². The molecular weight excluding hydrogens is 437 g/mol. The summed E-state index contributed by atoms with van der Waals surface area (Å²) in [7, 11) is 0. The minimum atomic E-state index is -0.311. The molecule has 5 nitrogen and oxygen atoms in total. The fourth-order valence-corrected chi connectivity index (χ4v) is 4.14. The van der Waals surface area contributed by atoms with Gasteiger partial charge in [-0.1, -0.05) is 0 Å². The van der Waals surface area contributed by atoms with Crippen LogP contribution in [0.4, 0.5) is 11.5 Å². The van der Waals surface area contributed by atoms with Crippen LogP contribution in [0.15, 0.2) is 24.5 Å². The van der Waals surface area contributed by atoms with Gasteiger partial charge in [-0.05, 0) is 72.7 Å². The molecule has 0 spiro atoms. The van der Waals surface area contributed by atoms with Gasteiger partial charge in [0.05, 0.1) is 12.0 Å². The summed E-state index contributed by atoms with van der Waals surface area (Å²) in [6.45, 7) is 6.10. The molecular formula is C17H16IN3O2S. The number of carbonyl (C=O) groups excluding carboxylic acids is 1. The largest absolute Gasteiger partial charge is 0.462 e. The van der Waals surface area contributed by atoms with Crippen LogP contribution in [-0.4, -0.2) is 22.5 Å². The van der Waals surface area contributed by atoms with Gasteiger partial charge in [0.15, 0.2) is 0 Å². The second-order valence-electron chi connectivity index (χ2n) is 5.26. The predicted molar refractivity (Wildman–Crippen MR) is 105 cm³/mol. The van der Waals surface area contributed by atoms with Crippen LogP contribution in [0.25, 0.3) is 10.2 Å². The quantitative estimate of drug-likeness (QED) is 0.453. The fraction of sp³-hybridized carbons (Fsp3) is 0.235. The molecule has 3 aromatic rings. The van der Waals surface area contributed by atoms with Gasteiger partial charge in [-0.3, -0.25) is 0 Å². The molecule has 0 saturated heterocycles. The summed E-state index contributed by atoms with van der Waals surface area (Å²) in [6.07, 6.45) is 1.51. The maximum absolute atomic E-state index is 12.1. The molecule has 0 aliphatic heterocycles. The van der Waals surface area contributed by atoms with E-state index in [0.717, 1.165) is 27.0 Å². The van der Waals surface area contributed by atoms with Crippen LogP contribution < -0.4 is 5.32 Å². The minimum absolute atomic E-state index is 0.311. The molecule has 2 aromatic heterocycles. The second kappa shape index (κ2) is 7.02. The summed E-state index contributed by atoms with van der Waals surface area (Å²) in [5.74, 6) is 0.392. The van der Waals surface area contributed by atoms with Crippen LogP contribution in [0, 0.1) is 17.4 Å². The third-order valence-electron chi connectivity index (χ3n) is 3.63. The Bertz CT molecular complexity index is 924. The lowest BCUT2D eigenvalue weighted by molar-refractivity contribution is 0.0531. The van der Waals surface area contributed by atoms with Crippen molar-refractivity contribution in [3.05, 3.63) is 44.1 Å². The molecule has 0 saturated carbocycles. The summed E-state index contributed by atoms with van der Waals surface area (Å²) in [5.41, 5.74) is 2.96. The van der Waals surface area contributed by atoms with Crippen LogP contribution >= 0.6 is 33.9 Å². The van der Waals surface area contributed by atoms with Crippen molar-refractivity contribution in [3.8, 4) is 0 Å². The average Bonchev–Trinajstić information content (AvgIpc) is 2.88. The smallest absolute Gasteiger partial charge is 0.348 e. The number of benzene rings is 1. The number of rotatable bonds is 4. The molecule has 124 valence electrons. The second-order valence-corrected chi connectivity index (χ2v) is 7.51. The van der Waals surface area contributed by atoms with E-state index in [1.165, 1.54) is 21.2 Å². The number of carbonyl (C=O) groups is 1. The normalized spacial score (nSPS) is 10.8. The van der Waals surface area contributed by atoms with E-state index in [1.807, 2.05) is 26.0 Å². The first-order chi connectivity index (χ1) is 11.5. The predicted octanol–water partition coefficient (Wildman–Crippen LogP) is 4.83. The molecule has 0 aliphatic carbocycles. The maximum Gasteiger partial charge on any atom is 0.348 e. The van der Waals surface area contributed by atoms with Crippen LogP contribution in [0.1, 0.15) is 27.7 Å². The van der Waals surface area contributed by atoms with Crippen molar-refractivity contribution in [2.45, 2.75) is 20.8 Å². The number of aromatic nitrogens is 2. The average molecular weight is 453 g/mol. The first-order valence-corrected chi connectivity index (χ1v) is 9.35. The fourth-order valence-electron chi connectivity index (χ4n) is 2.45. The highest BCUT2D eigenvalue weighted by atomic mass is 127. The molecule has 7 heteroatoms. The number of hydrogen-bond donors (Lipinski definition) is 1. The number of fused-ring (bicyclic) bond motifs is 1. The first-order valence-electron chi connectivity index (χ1n) is 7.45. The van der Waals surface area contributed by atoms with E-state index in [0.29, 0.717) is 17.3 Å². The van der Waals surface area contributed by atoms with Crippen molar-refractivity contribution in [1.29, 1.82) is 0 Å². The number of nitrogens with one attached hydrogen (secondary N) is 1. The van der Waals surface area contributed by atoms with E-state index in [1.54, 1.807) is 6.92 Å². The Balaban J connectivity index is 2.07. The summed E-state index contributed by atoms with van der Waals surface area (Å²) in [6, 6.07) is 6.17. The number of halogens is 1. The van der Waals surface area contributed by atoms with Gasteiger partial charge >= 0.3 is 5.97 Å². The number of hydrogen-bond acceptors (Lipinski definition) is 6. The standard InChI is InChI=1S/C17H16IN3O2S/c1-4-23-17(22)14-10(3)13-15(19-8-20-16(13)24-14)21-12-6-5-11(18)7-9(12)2/h5-8H,4H2,1-3H3,(H,19,20,21). The van der Waals surface area contributed by atoms with Crippen molar-refractivity contribution in [1.82, 2.24) is 9.97 Å². The number of esters is 1. The molecule has 2 heterocycles. The van der Waals surface area contributed by atoms with Crippen molar-refractivity contribution in [2.24, 2.45) is 0 Å². The molecule has 0 radical (unpaired) electrons. The Morgan fingerprint density at radius 2 is 2.12 bits per heavy atom. The monoisotopic (exact) mass is 453 g/mol. The van der Waals surface area contributed by atoms with Gasteiger partial charge in [0.25, 0.3) is 0 Å². The van der Waals surface area contributed by atoms with E-state index in [2.05, 4.69) is 43.9 Å². The molecule has 3 rings (SSSR count). The summed E-state index contributed by atoms with van der Waals surface area (Å²) in [4.78, 5) is 22.1. The first kappa shape index (κ1) is 17.1. The molecule has 0 atom stereocenters. The van der Waals surface area contributed by atoms with E-state index >= 15 is 0 Å². The summed E-state index contributed by atoms with van der Waals surface area (Å²) in [5, 5.41) is 4.23. The zero-order chi connectivity index (χ0) is 17.3. The van der Waals surface area contributed by atoms with Gasteiger partial charge < -0.3 is 10.1 Å². The Kier molecular flexibility index (Phi) is 5.00. The number of ether oxygens (including phenoxy) is 1. The van der Waals surface area contributed by atoms with Gasteiger partial charge in [-0.25, -0.2) is 14.8 Å². The zero-order valence-electron chi connectivity index (χ0n) is 13.5. The topological polar surface area (TPSA) is 64.1 Å². The van der Waals surface area contributed by atoms with Crippen LogP contribution in [0.5, 0.6) is 0 Å². The number of thiophene rings is 1. The van der Waals surface area contributed by atoms with Crippen molar-refractivity contribution in [3.63, 3.8) is 0 Å². The lowest BCUT2D eigenvalue weighted by Gasteiger charge is -2.10. The minimum Gasteiger partial charge on any atom is -0.462 e. The van der Waals surface area contributed by atoms with Crippen molar-refractivity contribution >= 4 is 61.6 Å². The van der Waals surface area contributed by atoms with Crippen LogP contribution in [0.3, 0.4) is 0 Å². The molecule has 0 amide bonds. The molecule has 1 aromatic carbocycles. The number of nitrogens with zero attached hydrogens (tertiary/aromatic N) is 2. The Morgan fingerprint density at radius 1 is 1.33 bits per heavy atom. The SMILES string of the molecule is CCOC(=O)c1sc2ncnc(Nc3ccc(I)cc3C)c2c1C. The van der Waals surface area contributed by atoms with Gasteiger partial charge in [-0.2, -0.15) is 0 Å². The Labute approximate surface area is 157 Å². The molecule has 1 N–H and O–H groups in total. The third kappa shape index (κ3) is 3.23. The van der Waals surface area contributed by atoms with Crippen LogP contribution in [-0.2, 0) is 4.74 Å². The van der Waals surface area contributed by atoms with E-state index < -0.39 is 0 Å². The van der Waals surface area contributed by atoms with E-state index in [9.17, 15) is 4.79 Å². The highest BCUT2D eigenvalue weighted by molar-refractivity contribution is 14.1. The molecule has 0 aliphatic rings. The number of aryl methyl sites for hydroxylation is 2. The molecule has 24 heavy (non-hydrogen) atoms. The zero-order valence-corrected chi connectivity index (χ0v) is 16.5. The maximum atomic E-state index is 12.1. The van der Waals surface area contributed by atoms with E-state index in [4.69, 9.17) is 4.74 Å². The number of anilines is 2. The van der Waals surface area contributed by atoms with Gasteiger partial charge in [0, 0.05) is 9.26 Å². The van der Waals surface area contributed by atoms with Gasteiger partial charge in [-0.15, -0.1) is 11.3 Å². The molecule has 0 bridgehead atoms. The summed E-state index contributed by atoms with van der Waals surface area (Å²) >= 11 is 3.62. The van der Waals surface area contributed by atoms with Gasteiger partial charge in [0.1, 0.15) is 21.9 Å². The van der Waals surface area contributed by atoms with Gasteiger partial charge in [0.2, 0.25) is 0 Å². The molecule has 0 unspecified atom stereocenters. The lowest BCUT2D eigenvalue weighted by Crippen LogP contribution is -2.03. The van der Waals surface area contributed by atoms with E-state index in [-0.39, 0.29) is 5.97 Å². The highest BCUT2D eigenvalue weighted by Gasteiger charge is 2.20. The highest BCUT2D eigenvalue weighted by Crippen LogP contribution is 2.35. The molecule has 0 fully saturated rings.